The average molecular weight is 167 g/mol. The standard InChI is InChI=1S/C8H9NO3/c9-8(11)5-12-7-4-2-1-3-6(7)10/h1-4,10H,5H2,(H2,9,11). The van der Waals surface area contributed by atoms with Crippen molar-refractivity contribution in [2.75, 3.05) is 6.61 Å². The minimum Gasteiger partial charge on any atom is -0.504 e. The van der Waals surface area contributed by atoms with Gasteiger partial charge in [-0.25, -0.2) is 0 Å². The maximum atomic E-state index is 10.3. The summed E-state index contributed by atoms with van der Waals surface area (Å²) in [5.41, 5.74) is 4.84. The summed E-state index contributed by atoms with van der Waals surface area (Å²) in [6.07, 6.45) is 0. The van der Waals surface area contributed by atoms with Gasteiger partial charge in [-0.15, -0.1) is 0 Å². The van der Waals surface area contributed by atoms with Gasteiger partial charge in [-0.2, -0.15) is 0 Å². The lowest BCUT2D eigenvalue weighted by atomic mass is 10.3. The van der Waals surface area contributed by atoms with Crippen LogP contribution in [-0.2, 0) is 4.79 Å². The summed E-state index contributed by atoms with van der Waals surface area (Å²) in [6.45, 7) is -0.225. The second-order valence-corrected chi connectivity index (χ2v) is 2.22. The van der Waals surface area contributed by atoms with E-state index >= 15 is 0 Å². The lowest BCUT2D eigenvalue weighted by Crippen LogP contribution is -2.19. The Morgan fingerprint density at radius 1 is 1.50 bits per heavy atom. The van der Waals surface area contributed by atoms with E-state index < -0.39 is 5.91 Å². The Hall–Kier alpha value is -1.71. The third-order valence-corrected chi connectivity index (χ3v) is 1.24. The highest BCUT2D eigenvalue weighted by molar-refractivity contribution is 5.75. The number of primary amides is 1. The summed E-state index contributed by atoms with van der Waals surface area (Å²) < 4.78 is 4.87. The number of ether oxygens (including phenoxy) is 1. The van der Waals surface area contributed by atoms with E-state index in [1.807, 2.05) is 0 Å². The fourth-order valence-electron chi connectivity index (χ4n) is 0.728. The normalized spacial score (nSPS) is 9.33. The van der Waals surface area contributed by atoms with Crippen molar-refractivity contribution in [3.8, 4) is 11.5 Å². The van der Waals surface area contributed by atoms with Crippen molar-refractivity contribution in [1.29, 1.82) is 0 Å². The minimum absolute atomic E-state index is 0.00116. The average Bonchev–Trinajstić information content (AvgIpc) is 2.03. The molecule has 1 aromatic rings. The predicted octanol–water partition coefficient (Wildman–Crippen LogP) is 0.256. The zero-order valence-electron chi connectivity index (χ0n) is 6.36. The fraction of sp³-hybridized carbons (Fsp3) is 0.125. The van der Waals surface area contributed by atoms with E-state index in [4.69, 9.17) is 15.6 Å². The fourth-order valence-corrected chi connectivity index (χ4v) is 0.728. The van der Waals surface area contributed by atoms with Crippen molar-refractivity contribution in [2.24, 2.45) is 5.73 Å². The molecule has 0 heterocycles. The van der Waals surface area contributed by atoms with Crippen molar-refractivity contribution >= 4 is 5.91 Å². The number of aromatic hydroxyl groups is 1. The van der Waals surface area contributed by atoms with Gasteiger partial charge in [0.25, 0.3) is 5.91 Å². The summed E-state index contributed by atoms with van der Waals surface area (Å²) in [5, 5.41) is 9.15. The summed E-state index contributed by atoms with van der Waals surface area (Å²) in [5.74, 6) is -0.312. The van der Waals surface area contributed by atoms with Crippen molar-refractivity contribution in [3.63, 3.8) is 0 Å². The molecule has 0 radical (unpaired) electrons. The molecular formula is C8H9NO3. The maximum Gasteiger partial charge on any atom is 0.255 e. The summed E-state index contributed by atoms with van der Waals surface area (Å²) in [6, 6.07) is 6.37. The molecule has 64 valence electrons. The Bertz CT molecular complexity index is 285. The van der Waals surface area contributed by atoms with Crippen LogP contribution in [0.5, 0.6) is 11.5 Å². The van der Waals surface area contributed by atoms with Crippen LogP contribution in [-0.4, -0.2) is 17.6 Å². The molecule has 1 aromatic carbocycles. The van der Waals surface area contributed by atoms with Gasteiger partial charge >= 0.3 is 0 Å². The molecule has 0 saturated heterocycles. The van der Waals surface area contributed by atoms with Gasteiger partial charge in [0, 0.05) is 0 Å². The predicted molar refractivity (Wildman–Crippen MR) is 42.8 cm³/mol. The third-order valence-electron chi connectivity index (χ3n) is 1.24. The molecule has 0 aliphatic carbocycles. The van der Waals surface area contributed by atoms with Gasteiger partial charge < -0.3 is 15.6 Å². The molecule has 4 nitrogen and oxygen atoms in total. The van der Waals surface area contributed by atoms with Gasteiger partial charge in [-0.1, -0.05) is 12.1 Å². The Morgan fingerprint density at radius 2 is 2.17 bits per heavy atom. The van der Waals surface area contributed by atoms with Crippen molar-refractivity contribution < 1.29 is 14.6 Å². The second-order valence-electron chi connectivity index (χ2n) is 2.22. The molecule has 0 spiro atoms. The molecule has 1 amide bonds. The first-order chi connectivity index (χ1) is 5.70. The van der Waals surface area contributed by atoms with Gasteiger partial charge in [0.2, 0.25) is 0 Å². The van der Waals surface area contributed by atoms with Crippen LogP contribution in [0.4, 0.5) is 0 Å². The SMILES string of the molecule is NC(=O)COc1ccccc1O. The summed E-state index contributed by atoms with van der Waals surface area (Å²) in [7, 11) is 0. The number of hydrogen-bond donors (Lipinski definition) is 2. The van der Waals surface area contributed by atoms with E-state index in [0.29, 0.717) is 0 Å². The van der Waals surface area contributed by atoms with Crippen LogP contribution >= 0.6 is 0 Å². The lowest BCUT2D eigenvalue weighted by Gasteiger charge is -2.04. The van der Waals surface area contributed by atoms with Crippen LogP contribution in [0.3, 0.4) is 0 Å². The summed E-state index contributed by atoms with van der Waals surface area (Å²) >= 11 is 0. The lowest BCUT2D eigenvalue weighted by molar-refractivity contribution is -0.119. The molecule has 3 N–H and O–H groups in total. The highest BCUT2D eigenvalue weighted by Crippen LogP contribution is 2.23. The zero-order chi connectivity index (χ0) is 8.97. The van der Waals surface area contributed by atoms with Crippen LogP contribution in [0.25, 0.3) is 0 Å². The molecule has 0 saturated carbocycles. The van der Waals surface area contributed by atoms with Gasteiger partial charge in [0.05, 0.1) is 0 Å². The number of phenols is 1. The van der Waals surface area contributed by atoms with Crippen molar-refractivity contribution in [2.45, 2.75) is 0 Å². The Labute approximate surface area is 69.6 Å². The van der Waals surface area contributed by atoms with Gasteiger partial charge in [0.15, 0.2) is 18.1 Å². The number of nitrogens with two attached hydrogens (primary N) is 1. The number of rotatable bonds is 3. The molecule has 0 atom stereocenters. The monoisotopic (exact) mass is 167 g/mol. The van der Waals surface area contributed by atoms with E-state index in [0.717, 1.165) is 0 Å². The molecule has 0 aromatic heterocycles. The minimum atomic E-state index is -0.571. The number of hydrogen-bond acceptors (Lipinski definition) is 3. The number of phenolic OH excluding ortho intramolecular Hbond substituents is 1. The van der Waals surface area contributed by atoms with E-state index in [-0.39, 0.29) is 18.1 Å². The Morgan fingerprint density at radius 3 is 2.75 bits per heavy atom. The Balaban J connectivity index is 2.63. The van der Waals surface area contributed by atoms with Gasteiger partial charge in [-0.3, -0.25) is 4.79 Å². The van der Waals surface area contributed by atoms with Crippen LogP contribution in [0.1, 0.15) is 0 Å². The van der Waals surface area contributed by atoms with Gasteiger partial charge in [0.1, 0.15) is 0 Å². The largest absolute Gasteiger partial charge is 0.504 e. The molecule has 0 fully saturated rings. The molecular weight excluding hydrogens is 158 g/mol. The molecule has 1 rings (SSSR count). The molecule has 0 bridgehead atoms. The number of amides is 1. The molecule has 4 heteroatoms. The van der Waals surface area contributed by atoms with Crippen LogP contribution in [0.2, 0.25) is 0 Å². The smallest absolute Gasteiger partial charge is 0.255 e. The van der Waals surface area contributed by atoms with Crippen LogP contribution in [0.15, 0.2) is 24.3 Å². The molecule has 0 unspecified atom stereocenters. The highest BCUT2D eigenvalue weighted by atomic mass is 16.5. The van der Waals surface area contributed by atoms with E-state index in [1.165, 1.54) is 6.07 Å². The van der Waals surface area contributed by atoms with E-state index in [1.54, 1.807) is 18.2 Å². The Kier molecular flexibility index (Phi) is 2.53. The number of carbonyl (C=O) groups is 1. The number of benzene rings is 1. The van der Waals surface area contributed by atoms with Crippen LogP contribution in [0, 0.1) is 0 Å². The first kappa shape index (κ1) is 8.39. The second kappa shape index (κ2) is 3.61. The highest BCUT2D eigenvalue weighted by Gasteiger charge is 2.01. The topological polar surface area (TPSA) is 72.6 Å². The quantitative estimate of drug-likeness (QED) is 0.678. The van der Waals surface area contributed by atoms with Crippen molar-refractivity contribution in [1.82, 2.24) is 0 Å². The number of para-hydroxylation sites is 2. The van der Waals surface area contributed by atoms with Gasteiger partial charge in [-0.05, 0) is 12.1 Å². The van der Waals surface area contributed by atoms with E-state index in [9.17, 15) is 4.79 Å². The molecule has 0 aliphatic rings. The maximum absolute atomic E-state index is 10.3. The first-order valence-corrected chi connectivity index (χ1v) is 3.39. The molecule has 0 aliphatic heterocycles. The number of carbonyl (C=O) groups excluding carboxylic acids is 1. The summed E-state index contributed by atoms with van der Waals surface area (Å²) in [4.78, 5) is 10.3. The zero-order valence-corrected chi connectivity index (χ0v) is 6.36. The third kappa shape index (κ3) is 2.16. The van der Waals surface area contributed by atoms with Crippen molar-refractivity contribution in [3.05, 3.63) is 24.3 Å². The first-order valence-electron chi connectivity index (χ1n) is 3.39. The molecule has 12 heavy (non-hydrogen) atoms. The van der Waals surface area contributed by atoms with Crippen LogP contribution < -0.4 is 10.5 Å². The van der Waals surface area contributed by atoms with E-state index in [2.05, 4.69) is 0 Å².